The average Bonchev–Trinajstić information content (AvgIpc) is 3.27. The predicted molar refractivity (Wildman–Crippen MR) is 117 cm³/mol. The van der Waals surface area contributed by atoms with Gasteiger partial charge in [0.2, 0.25) is 5.60 Å². The van der Waals surface area contributed by atoms with E-state index in [0.29, 0.717) is 22.4 Å². The van der Waals surface area contributed by atoms with Crippen LogP contribution in [0.5, 0.6) is 0 Å². The lowest BCUT2D eigenvalue weighted by atomic mass is 9.60. The third kappa shape index (κ3) is 2.43. The van der Waals surface area contributed by atoms with Crippen LogP contribution < -0.4 is 4.90 Å². The number of ether oxygens (including phenoxy) is 2. The molecule has 6 heteroatoms. The van der Waals surface area contributed by atoms with E-state index in [1.807, 2.05) is 54.6 Å². The number of carbonyl (C=O) groups excluding carboxylic acids is 3. The van der Waals surface area contributed by atoms with Crippen LogP contribution in [-0.4, -0.2) is 32.0 Å². The molecule has 32 heavy (non-hydrogen) atoms. The summed E-state index contributed by atoms with van der Waals surface area (Å²) in [4.78, 5) is 40.4. The van der Waals surface area contributed by atoms with Crippen molar-refractivity contribution in [2.24, 2.45) is 0 Å². The van der Waals surface area contributed by atoms with Crippen molar-refractivity contribution in [3.8, 4) is 0 Å². The Labute approximate surface area is 185 Å². The largest absolute Gasteiger partial charge is 0.465 e. The fourth-order valence-electron chi connectivity index (χ4n) is 5.18. The van der Waals surface area contributed by atoms with Gasteiger partial charge in [0.1, 0.15) is 0 Å². The van der Waals surface area contributed by atoms with Crippen LogP contribution in [0.1, 0.15) is 33.5 Å². The summed E-state index contributed by atoms with van der Waals surface area (Å²) < 4.78 is 10.8. The molecule has 0 N–H and O–H groups in total. The standard InChI is InChI=1S/C26H21NO5/c1-27-21-11-7-6-10-20(21)26(24(27)30)25(16-22(28)32-26,18-8-4-3-5-9-18)19-14-12-17(13-15-19)23(29)31-2/h3-15H,16H2,1-2H3. The van der Waals surface area contributed by atoms with E-state index in [2.05, 4.69) is 0 Å². The highest BCUT2D eigenvalue weighted by atomic mass is 16.6. The van der Waals surface area contributed by atoms with E-state index in [-0.39, 0.29) is 12.3 Å². The van der Waals surface area contributed by atoms with Crippen molar-refractivity contribution in [1.29, 1.82) is 0 Å². The molecule has 0 aromatic heterocycles. The number of amides is 1. The van der Waals surface area contributed by atoms with Crippen LogP contribution in [0.15, 0.2) is 78.9 Å². The van der Waals surface area contributed by atoms with Crippen LogP contribution in [0.2, 0.25) is 0 Å². The fraction of sp³-hybridized carbons (Fsp3) is 0.192. The third-order valence-corrected chi connectivity index (χ3v) is 6.59. The van der Waals surface area contributed by atoms with Crippen molar-refractivity contribution in [2.75, 3.05) is 19.1 Å². The zero-order valence-electron chi connectivity index (χ0n) is 17.7. The minimum atomic E-state index is -1.55. The van der Waals surface area contributed by atoms with Crippen molar-refractivity contribution in [2.45, 2.75) is 17.4 Å². The van der Waals surface area contributed by atoms with Gasteiger partial charge in [0, 0.05) is 12.6 Å². The summed E-state index contributed by atoms with van der Waals surface area (Å²) in [6.45, 7) is 0. The Balaban J connectivity index is 1.84. The molecule has 3 aromatic rings. The molecule has 0 radical (unpaired) electrons. The number of anilines is 1. The molecule has 5 rings (SSSR count). The Morgan fingerprint density at radius 3 is 2.22 bits per heavy atom. The Morgan fingerprint density at radius 1 is 0.906 bits per heavy atom. The van der Waals surface area contributed by atoms with E-state index in [4.69, 9.17) is 9.47 Å². The number of rotatable bonds is 3. The molecule has 0 aliphatic carbocycles. The van der Waals surface area contributed by atoms with Crippen molar-refractivity contribution >= 4 is 23.5 Å². The molecule has 1 fully saturated rings. The van der Waals surface area contributed by atoms with E-state index in [9.17, 15) is 14.4 Å². The predicted octanol–water partition coefficient (Wildman–Crippen LogP) is 3.58. The maximum atomic E-state index is 13.9. The van der Waals surface area contributed by atoms with Crippen LogP contribution in [-0.2, 0) is 30.1 Å². The number of hydrogen-bond acceptors (Lipinski definition) is 5. The first-order valence-electron chi connectivity index (χ1n) is 10.3. The molecule has 2 aliphatic heterocycles. The van der Waals surface area contributed by atoms with E-state index in [0.717, 1.165) is 5.56 Å². The number of likely N-dealkylation sites (N-methyl/N-ethyl adjacent to an activating group) is 1. The molecule has 1 spiro atoms. The first kappa shape index (κ1) is 20.0. The minimum Gasteiger partial charge on any atom is -0.465 e. The normalized spacial score (nSPS) is 23.9. The lowest BCUT2D eigenvalue weighted by Crippen LogP contribution is -2.53. The second-order valence-corrected chi connectivity index (χ2v) is 8.05. The summed E-state index contributed by atoms with van der Waals surface area (Å²) in [5.41, 5.74) is 0.573. The van der Waals surface area contributed by atoms with Gasteiger partial charge in [-0.3, -0.25) is 9.59 Å². The molecular formula is C26H21NO5. The Bertz CT molecular complexity index is 1240. The summed E-state index contributed by atoms with van der Waals surface area (Å²) in [6, 6.07) is 23.7. The molecule has 1 amide bonds. The van der Waals surface area contributed by atoms with Gasteiger partial charge in [-0.15, -0.1) is 0 Å². The van der Waals surface area contributed by atoms with Gasteiger partial charge in [-0.25, -0.2) is 4.79 Å². The lowest BCUT2D eigenvalue weighted by molar-refractivity contribution is -0.159. The van der Waals surface area contributed by atoms with Crippen LogP contribution in [0, 0.1) is 0 Å². The van der Waals surface area contributed by atoms with Crippen LogP contribution in [0.3, 0.4) is 0 Å². The monoisotopic (exact) mass is 427 g/mol. The molecule has 0 saturated carbocycles. The molecule has 2 aliphatic rings. The fourth-order valence-corrected chi connectivity index (χ4v) is 5.18. The molecule has 6 nitrogen and oxygen atoms in total. The third-order valence-electron chi connectivity index (χ3n) is 6.59. The number of methoxy groups -OCH3 is 1. The smallest absolute Gasteiger partial charge is 0.337 e. The van der Waals surface area contributed by atoms with Gasteiger partial charge in [0.15, 0.2) is 0 Å². The number of fused-ring (bicyclic) bond motifs is 2. The number of benzene rings is 3. The number of nitrogens with zero attached hydrogens (tertiary/aromatic N) is 1. The number of para-hydroxylation sites is 1. The summed E-state index contributed by atoms with van der Waals surface area (Å²) in [7, 11) is 3.02. The number of hydrogen-bond donors (Lipinski definition) is 0. The minimum absolute atomic E-state index is 0.0114. The average molecular weight is 427 g/mol. The van der Waals surface area contributed by atoms with Gasteiger partial charge in [0.05, 0.1) is 30.2 Å². The SMILES string of the molecule is COC(=O)c1ccc(C2(c3ccccc3)CC(=O)OC23C(=O)N(C)c2ccccc23)cc1. The Hall–Kier alpha value is -3.93. The van der Waals surface area contributed by atoms with Gasteiger partial charge in [-0.2, -0.15) is 0 Å². The summed E-state index contributed by atoms with van der Waals surface area (Å²) in [6.07, 6.45) is -0.0114. The van der Waals surface area contributed by atoms with E-state index < -0.39 is 23.0 Å². The second-order valence-electron chi connectivity index (χ2n) is 8.05. The highest BCUT2D eigenvalue weighted by molar-refractivity contribution is 6.11. The van der Waals surface area contributed by atoms with Crippen molar-refractivity contribution in [1.82, 2.24) is 0 Å². The van der Waals surface area contributed by atoms with Gasteiger partial charge < -0.3 is 14.4 Å². The van der Waals surface area contributed by atoms with Gasteiger partial charge in [0.25, 0.3) is 5.91 Å². The van der Waals surface area contributed by atoms with Crippen LogP contribution >= 0.6 is 0 Å². The van der Waals surface area contributed by atoms with Gasteiger partial charge in [-0.05, 0) is 29.3 Å². The van der Waals surface area contributed by atoms with Gasteiger partial charge >= 0.3 is 11.9 Å². The summed E-state index contributed by atoms with van der Waals surface area (Å²) in [5, 5.41) is 0. The maximum Gasteiger partial charge on any atom is 0.337 e. The molecule has 160 valence electrons. The van der Waals surface area contributed by atoms with Crippen molar-refractivity contribution in [3.63, 3.8) is 0 Å². The number of carbonyl (C=O) groups is 3. The van der Waals surface area contributed by atoms with Crippen molar-refractivity contribution in [3.05, 3.63) is 101 Å². The molecule has 3 aromatic carbocycles. The topological polar surface area (TPSA) is 72.9 Å². The zero-order chi connectivity index (χ0) is 22.5. The first-order chi connectivity index (χ1) is 15.5. The molecule has 2 atom stereocenters. The highest BCUT2D eigenvalue weighted by Crippen LogP contribution is 2.61. The van der Waals surface area contributed by atoms with E-state index >= 15 is 0 Å². The molecule has 2 heterocycles. The van der Waals surface area contributed by atoms with Crippen molar-refractivity contribution < 1.29 is 23.9 Å². The number of esters is 2. The van der Waals surface area contributed by atoms with E-state index in [1.54, 1.807) is 36.2 Å². The maximum absolute atomic E-state index is 13.9. The van der Waals surface area contributed by atoms with Crippen LogP contribution in [0.25, 0.3) is 0 Å². The Morgan fingerprint density at radius 2 is 1.53 bits per heavy atom. The second kappa shape index (κ2) is 7.05. The molecule has 2 unspecified atom stereocenters. The lowest BCUT2D eigenvalue weighted by Gasteiger charge is -2.40. The van der Waals surface area contributed by atoms with E-state index in [1.165, 1.54) is 7.11 Å². The summed E-state index contributed by atoms with van der Waals surface area (Å²) in [5.74, 6) is -1.21. The molecule has 1 saturated heterocycles. The zero-order valence-corrected chi connectivity index (χ0v) is 17.7. The molecular weight excluding hydrogens is 406 g/mol. The highest BCUT2D eigenvalue weighted by Gasteiger charge is 2.71. The first-order valence-corrected chi connectivity index (χ1v) is 10.3. The van der Waals surface area contributed by atoms with Crippen LogP contribution in [0.4, 0.5) is 5.69 Å². The Kier molecular flexibility index (Phi) is 4.41. The quantitative estimate of drug-likeness (QED) is 0.598. The van der Waals surface area contributed by atoms with Gasteiger partial charge in [-0.1, -0.05) is 60.7 Å². The molecule has 0 bridgehead atoms. The summed E-state index contributed by atoms with van der Waals surface area (Å²) >= 11 is 0.